The van der Waals surface area contributed by atoms with Gasteiger partial charge in [-0.3, -0.25) is 4.79 Å². The standard InChI is InChI=1S/C22H21ClN2O/c23-20-13-11-17(12-14-20)15-24-21(26)16-25-22(18-7-3-1-4-8-18)19-9-5-2-6-10-19/h1-14,22,25H,15-16H2,(H,24,26)/p+1. The Balaban J connectivity index is 1.60. The molecule has 0 aliphatic carbocycles. The number of nitrogens with two attached hydrogens (primary N) is 1. The van der Waals surface area contributed by atoms with Gasteiger partial charge < -0.3 is 10.6 Å². The zero-order chi connectivity index (χ0) is 18.2. The molecule has 0 fully saturated rings. The van der Waals surface area contributed by atoms with Crippen LogP contribution in [0.1, 0.15) is 22.7 Å². The number of carbonyl (C=O) groups excluding carboxylic acids is 1. The van der Waals surface area contributed by atoms with E-state index in [1.807, 2.05) is 60.7 Å². The molecular formula is C22H22ClN2O+. The predicted octanol–water partition coefficient (Wildman–Crippen LogP) is 3.31. The van der Waals surface area contributed by atoms with Gasteiger partial charge in [0.15, 0.2) is 6.54 Å². The van der Waals surface area contributed by atoms with Gasteiger partial charge >= 0.3 is 0 Å². The van der Waals surface area contributed by atoms with Crippen LogP contribution in [-0.2, 0) is 11.3 Å². The third-order valence-corrected chi connectivity index (χ3v) is 4.51. The summed E-state index contributed by atoms with van der Waals surface area (Å²) in [5.74, 6) is 0.0109. The van der Waals surface area contributed by atoms with Crippen molar-refractivity contribution in [2.45, 2.75) is 12.6 Å². The molecule has 0 spiro atoms. The lowest BCUT2D eigenvalue weighted by Gasteiger charge is -2.16. The summed E-state index contributed by atoms with van der Waals surface area (Å²) in [6, 6.07) is 28.1. The number of quaternary nitrogens is 1. The molecule has 0 aliphatic rings. The van der Waals surface area contributed by atoms with Gasteiger partial charge in [0.25, 0.3) is 5.91 Å². The highest BCUT2D eigenvalue weighted by molar-refractivity contribution is 6.30. The molecule has 132 valence electrons. The molecule has 3 N–H and O–H groups in total. The average molecular weight is 366 g/mol. The SMILES string of the molecule is O=C(C[NH2+]C(c1ccccc1)c1ccccc1)NCc1ccc(Cl)cc1. The molecule has 0 unspecified atom stereocenters. The first-order chi connectivity index (χ1) is 12.7. The van der Waals surface area contributed by atoms with Crippen molar-refractivity contribution in [2.24, 2.45) is 0 Å². The van der Waals surface area contributed by atoms with Crippen LogP contribution in [0.4, 0.5) is 0 Å². The Morgan fingerprint density at radius 3 is 1.92 bits per heavy atom. The summed E-state index contributed by atoms with van der Waals surface area (Å²) >= 11 is 5.88. The summed E-state index contributed by atoms with van der Waals surface area (Å²) in [6.07, 6.45) is 0. The molecule has 0 aliphatic heterocycles. The molecule has 0 bridgehead atoms. The Labute approximate surface area is 159 Å². The van der Waals surface area contributed by atoms with Gasteiger partial charge in [0.05, 0.1) is 0 Å². The normalized spacial score (nSPS) is 10.7. The molecule has 3 rings (SSSR count). The largest absolute Gasteiger partial charge is 0.347 e. The maximum Gasteiger partial charge on any atom is 0.275 e. The number of carbonyl (C=O) groups is 1. The van der Waals surface area contributed by atoms with E-state index in [-0.39, 0.29) is 11.9 Å². The van der Waals surface area contributed by atoms with Crippen LogP contribution in [0.25, 0.3) is 0 Å². The fraction of sp³-hybridized carbons (Fsp3) is 0.136. The molecule has 3 nitrogen and oxygen atoms in total. The molecule has 4 heteroatoms. The number of hydrogen-bond acceptors (Lipinski definition) is 1. The molecular weight excluding hydrogens is 344 g/mol. The second-order valence-corrected chi connectivity index (χ2v) is 6.58. The number of rotatable bonds is 7. The van der Waals surface area contributed by atoms with Crippen molar-refractivity contribution < 1.29 is 10.1 Å². The fourth-order valence-corrected chi connectivity index (χ4v) is 3.01. The van der Waals surface area contributed by atoms with Crippen LogP contribution in [0.2, 0.25) is 5.02 Å². The van der Waals surface area contributed by atoms with Gasteiger partial charge in [-0.1, -0.05) is 84.4 Å². The molecule has 3 aromatic carbocycles. The van der Waals surface area contributed by atoms with Crippen molar-refractivity contribution in [1.82, 2.24) is 5.32 Å². The minimum absolute atomic E-state index is 0.0109. The Morgan fingerprint density at radius 2 is 1.38 bits per heavy atom. The molecule has 0 saturated carbocycles. The summed E-state index contributed by atoms with van der Waals surface area (Å²) in [5.41, 5.74) is 3.40. The fourth-order valence-electron chi connectivity index (χ4n) is 2.89. The van der Waals surface area contributed by atoms with Crippen molar-refractivity contribution in [1.29, 1.82) is 0 Å². The van der Waals surface area contributed by atoms with Gasteiger partial charge in [-0.25, -0.2) is 0 Å². The molecule has 0 aromatic heterocycles. The minimum Gasteiger partial charge on any atom is -0.347 e. The zero-order valence-corrected chi connectivity index (χ0v) is 15.2. The van der Waals surface area contributed by atoms with Gasteiger partial charge in [0.1, 0.15) is 6.04 Å². The van der Waals surface area contributed by atoms with Crippen molar-refractivity contribution in [2.75, 3.05) is 6.54 Å². The topological polar surface area (TPSA) is 45.7 Å². The van der Waals surface area contributed by atoms with Crippen molar-refractivity contribution >= 4 is 17.5 Å². The molecule has 0 atom stereocenters. The maximum absolute atomic E-state index is 12.3. The highest BCUT2D eigenvalue weighted by atomic mass is 35.5. The third-order valence-electron chi connectivity index (χ3n) is 4.26. The Morgan fingerprint density at radius 1 is 0.846 bits per heavy atom. The summed E-state index contributed by atoms with van der Waals surface area (Å²) in [6.45, 7) is 0.868. The van der Waals surface area contributed by atoms with Crippen LogP contribution >= 0.6 is 11.6 Å². The van der Waals surface area contributed by atoms with E-state index in [9.17, 15) is 4.79 Å². The van der Waals surface area contributed by atoms with E-state index < -0.39 is 0 Å². The molecule has 1 amide bonds. The van der Waals surface area contributed by atoms with E-state index in [1.54, 1.807) is 0 Å². The van der Waals surface area contributed by atoms with E-state index in [2.05, 4.69) is 34.9 Å². The first-order valence-electron chi connectivity index (χ1n) is 8.67. The van der Waals surface area contributed by atoms with Crippen LogP contribution in [0.3, 0.4) is 0 Å². The zero-order valence-electron chi connectivity index (χ0n) is 14.4. The van der Waals surface area contributed by atoms with Gasteiger partial charge in [-0.05, 0) is 17.7 Å². The molecule has 0 radical (unpaired) electrons. The lowest BCUT2D eigenvalue weighted by atomic mass is 9.99. The van der Waals surface area contributed by atoms with E-state index in [0.29, 0.717) is 18.1 Å². The van der Waals surface area contributed by atoms with E-state index in [1.165, 1.54) is 11.1 Å². The maximum atomic E-state index is 12.3. The van der Waals surface area contributed by atoms with Crippen molar-refractivity contribution in [3.05, 3.63) is 107 Å². The average Bonchev–Trinajstić information content (AvgIpc) is 2.69. The number of hydrogen-bond donors (Lipinski definition) is 2. The monoisotopic (exact) mass is 365 g/mol. The summed E-state index contributed by atoms with van der Waals surface area (Å²) in [4.78, 5) is 12.3. The van der Waals surface area contributed by atoms with E-state index in [4.69, 9.17) is 11.6 Å². The van der Waals surface area contributed by atoms with Gasteiger partial charge in [-0.2, -0.15) is 0 Å². The van der Waals surface area contributed by atoms with Crippen LogP contribution in [-0.4, -0.2) is 12.5 Å². The first-order valence-corrected chi connectivity index (χ1v) is 9.04. The smallest absolute Gasteiger partial charge is 0.275 e. The Hall–Kier alpha value is -2.62. The van der Waals surface area contributed by atoms with E-state index in [0.717, 1.165) is 5.56 Å². The molecule has 3 aromatic rings. The van der Waals surface area contributed by atoms with E-state index >= 15 is 0 Å². The second-order valence-electron chi connectivity index (χ2n) is 6.14. The lowest BCUT2D eigenvalue weighted by Crippen LogP contribution is -2.87. The third kappa shape index (κ3) is 5.19. The highest BCUT2D eigenvalue weighted by Crippen LogP contribution is 2.17. The Kier molecular flexibility index (Phi) is 6.42. The number of halogens is 1. The number of benzene rings is 3. The van der Waals surface area contributed by atoms with Gasteiger partial charge in [0, 0.05) is 22.7 Å². The second kappa shape index (κ2) is 9.18. The minimum atomic E-state index is 0.0109. The molecule has 26 heavy (non-hydrogen) atoms. The van der Waals surface area contributed by atoms with Crippen molar-refractivity contribution in [3.63, 3.8) is 0 Å². The predicted molar refractivity (Wildman–Crippen MR) is 105 cm³/mol. The van der Waals surface area contributed by atoms with Gasteiger partial charge in [0.2, 0.25) is 0 Å². The van der Waals surface area contributed by atoms with Crippen LogP contribution in [0.5, 0.6) is 0 Å². The summed E-state index contributed by atoms with van der Waals surface area (Å²) in [5, 5.41) is 5.73. The number of nitrogens with one attached hydrogen (secondary N) is 1. The highest BCUT2D eigenvalue weighted by Gasteiger charge is 2.18. The van der Waals surface area contributed by atoms with Gasteiger partial charge in [-0.15, -0.1) is 0 Å². The summed E-state index contributed by atoms with van der Waals surface area (Å²) in [7, 11) is 0. The Bertz CT molecular complexity index is 780. The quantitative estimate of drug-likeness (QED) is 0.663. The van der Waals surface area contributed by atoms with Crippen LogP contribution in [0, 0.1) is 0 Å². The molecule has 0 saturated heterocycles. The first kappa shape index (κ1) is 18.2. The van der Waals surface area contributed by atoms with Crippen molar-refractivity contribution in [3.8, 4) is 0 Å². The van der Waals surface area contributed by atoms with Crippen LogP contribution in [0.15, 0.2) is 84.9 Å². The molecule has 0 heterocycles. The lowest BCUT2D eigenvalue weighted by molar-refractivity contribution is -0.676. The van der Waals surface area contributed by atoms with Crippen LogP contribution < -0.4 is 10.6 Å². The number of amides is 1. The summed E-state index contributed by atoms with van der Waals surface area (Å²) < 4.78 is 0.